The second kappa shape index (κ2) is 5.46. The summed E-state index contributed by atoms with van der Waals surface area (Å²) in [6, 6.07) is 3.16. The molecule has 1 rings (SSSR count). The molecular formula is C11H14F4N2. The van der Waals surface area contributed by atoms with Crippen LogP contribution in [0.5, 0.6) is 0 Å². The summed E-state index contributed by atoms with van der Waals surface area (Å²) in [6.07, 6.45) is -4.67. The molecule has 0 aliphatic rings. The van der Waals surface area contributed by atoms with E-state index in [9.17, 15) is 17.6 Å². The molecule has 1 aromatic rings. The fourth-order valence-corrected chi connectivity index (χ4v) is 1.30. The molecule has 0 saturated carbocycles. The quantitative estimate of drug-likeness (QED) is 0.804. The van der Waals surface area contributed by atoms with Crippen molar-refractivity contribution in [1.29, 1.82) is 0 Å². The highest BCUT2D eigenvalue weighted by molar-refractivity contribution is 5.28. The maximum absolute atomic E-state index is 13.5. The Bertz CT molecular complexity index is 376. The van der Waals surface area contributed by atoms with Crippen LogP contribution in [0, 0.1) is 5.82 Å². The predicted octanol–water partition coefficient (Wildman–Crippen LogP) is 2.28. The second-order valence-electron chi connectivity index (χ2n) is 3.79. The van der Waals surface area contributed by atoms with Crippen LogP contribution >= 0.6 is 0 Å². The van der Waals surface area contributed by atoms with Crippen molar-refractivity contribution in [3.63, 3.8) is 0 Å². The van der Waals surface area contributed by atoms with E-state index in [1.165, 1.54) is 12.1 Å². The van der Waals surface area contributed by atoms with Gasteiger partial charge in [0.1, 0.15) is 5.82 Å². The topological polar surface area (TPSA) is 38.0 Å². The van der Waals surface area contributed by atoms with Gasteiger partial charge in [0.25, 0.3) is 0 Å². The number of nitrogens with one attached hydrogen (secondary N) is 1. The third kappa shape index (κ3) is 3.67. The first kappa shape index (κ1) is 13.9. The SMILES string of the molecule is C[C@H](CN)NCc1cccc(C(F)(F)F)c1F. The van der Waals surface area contributed by atoms with Gasteiger partial charge in [-0.1, -0.05) is 12.1 Å². The van der Waals surface area contributed by atoms with Crippen LogP contribution in [-0.2, 0) is 12.7 Å². The molecule has 0 aromatic heterocycles. The molecule has 6 heteroatoms. The van der Waals surface area contributed by atoms with Crippen molar-refractivity contribution in [3.8, 4) is 0 Å². The lowest BCUT2D eigenvalue weighted by Crippen LogP contribution is -2.33. The molecular weight excluding hydrogens is 236 g/mol. The highest BCUT2D eigenvalue weighted by Gasteiger charge is 2.34. The Morgan fingerprint density at radius 1 is 1.35 bits per heavy atom. The van der Waals surface area contributed by atoms with Crippen LogP contribution in [-0.4, -0.2) is 12.6 Å². The van der Waals surface area contributed by atoms with Crippen molar-refractivity contribution < 1.29 is 17.6 Å². The van der Waals surface area contributed by atoms with Crippen molar-refractivity contribution in [2.24, 2.45) is 5.73 Å². The lowest BCUT2D eigenvalue weighted by atomic mass is 10.1. The molecule has 0 amide bonds. The summed E-state index contributed by atoms with van der Waals surface area (Å²) in [5.41, 5.74) is 4.08. The molecule has 0 radical (unpaired) electrons. The van der Waals surface area contributed by atoms with Crippen molar-refractivity contribution in [2.75, 3.05) is 6.54 Å². The molecule has 96 valence electrons. The van der Waals surface area contributed by atoms with E-state index in [0.29, 0.717) is 6.54 Å². The number of rotatable bonds is 4. The Morgan fingerprint density at radius 2 is 2.00 bits per heavy atom. The fraction of sp³-hybridized carbons (Fsp3) is 0.455. The van der Waals surface area contributed by atoms with Crippen LogP contribution in [0.1, 0.15) is 18.1 Å². The summed E-state index contributed by atoms with van der Waals surface area (Å²) in [5.74, 6) is -1.23. The normalized spacial score (nSPS) is 13.8. The zero-order chi connectivity index (χ0) is 13.1. The van der Waals surface area contributed by atoms with Crippen LogP contribution in [0.4, 0.5) is 17.6 Å². The molecule has 1 atom stereocenters. The Labute approximate surface area is 96.8 Å². The van der Waals surface area contributed by atoms with Crippen LogP contribution in [0.2, 0.25) is 0 Å². The number of benzene rings is 1. The number of alkyl halides is 3. The van der Waals surface area contributed by atoms with Gasteiger partial charge in [0.15, 0.2) is 0 Å². The Morgan fingerprint density at radius 3 is 2.53 bits per heavy atom. The fourth-order valence-electron chi connectivity index (χ4n) is 1.30. The van der Waals surface area contributed by atoms with Crippen molar-refractivity contribution in [1.82, 2.24) is 5.32 Å². The third-order valence-electron chi connectivity index (χ3n) is 2.38. The molecule has 3 N–H and O–H groups in total. The first-order valence-electron chi connectivity index (χ1n) is 5.14. The first-order chi connectivity index (χ1) is 7.86. The van der Waals surface area contributed by atoms with E-state index in [4.69, 9.17) is 5.73 Å². The molecule has 1 aromatic carbocycles. The minimum Gasteiger partial charge on any atom is -0.329 e. The van der Waals surface area contributed by atoms with Gasteiger partial charge < -0.3 is 11.1 Å². The Kier molecular flexibility index (Phi) is 4.47. The van der Waals surface area contributed by atoms with Gasteiger partial charge in [-0.2, -0.15) is 13.2 Å². The van der Waals surface area contributed by atoms with Crippen LogP contribution in [0.3, 0.4) is 0 Å². The summed E-state index contributed by atoms with van der Waals surface area (Å²) in [5, 5.41) is 2.84. The lowest BCUT2D eigenvalue weighted by Gasteiger charge is -2.14. The van der Waals surface area contributed by atoms with Crippen molar-refractivity contribution in [2.45, 2.75) is 25.7 Å². The molecule has 0 bridgehead atoms. The zero-order valence-corrected chi connectivity index (χ0v) is 9.31. The van der Waals surface area contributed by atoms with Crippen molar-refractivity contribution in [3.05, 3.63) is 35.1 Å². The van der Waals surface area contributed by atoms with Crippen molar-refractivity contribution >= 4 is 0 Å². The molecule has 2 nitrogen and oxygen atoms in total. The Balaban J connectivity index is 2.88. The van der Waals surface area contributed by atoms with Gasteiger partial charge in [0.2, 0.25) is 0 Å². The molecule has 0 aliphatic carbocycles. The summed E-state index contributed by atoms with van der Waals surface area (Å²) in [4.78, 5) is 0. The molecule has 0 spiro atoms. The third-order valence-corrected chi connectivity index (χ3v) is 2.38. The highest BCUT2D eigenvalue weighted by Crippen LogP contribution is 2.32. The molecule has 0 heterocycles. The number of nitrogens with two attached hydrogens (primary N) is 1. The average Bonchev–Trinajstić information content (AvgIpc) is 2.25. The van der Waals surface area contributed by atoms with E-state index >= 15 is 0 Å². The number of hydrogen-bond donors (Lipinski definition) is 2. The summed E-state index contributed by atoms with van der Waals surface area (Å²) < 4.78 is 50.8. The first-order valence-corrected chi connectivity index (χ1v) is 5.14. The van der Waals surface area contributed by atoms with E-state index in [1.54, 1.807) is 6.92 Å². The molecule has 0 aliphatic heterocycles. The second-order valence-corrected chi connectivity index (χ2v) is 3.79. The molecule has 0 fully saturated rings. The number of halogens is 4. The van der Waals surface area contributed by atoms with Gasteiger partial charge in [-0.15, -0.1) is 0 Å². The summed E-state index contributed by atoms with van der Waals surface area (Å²) >= 11 is 0. The van der Waals surface area contributed by atoms with E-state index in [0.717, 1.165) is 6.07 Å². The van der Waals surface area contributed by atoms with Crippen LogP contribution in [0.25, 0.3) is 0 Å². The van der Waals surface area contributed by atoms with E-state index in [-0.39, 0.29) is 18.2 Å². The largest absolute Gasteiger partial charge is 0.419 e. The zero-order valence-electron chi connectivity index (χ0n) is 9.31. The minimum absolute atomic E-state index is 0.0138. The summed E-state index contributed by atoms with van der Waals surface area (Å²) in [7, 11) is 0. The minimum atomic E-state index is -4.67. The van der Waals surface area contributed by atoms with E-state index in [1.807, 2.05) is 0 Å². The molecule has 0 unspecified atom stereocenters. The van der Waals surface area contributed by atoms with Gasteiger partial charge in [-0.05, 0) is 13.0 Å². The van der Waals surface area contributed by atoms with Gasteiger partial charge in [-0.3, -0.25) is 0 Å². The smallest absolute Gasteiger partial charge is 0.329 e. The van der Waals surface area contributed by atoms with Crippen LogP contribution < -0.4 is 11.1 Å². The maximum Gasteiger partial charge on any atom is 0.419 e. The van der Waals surface area contributed by atoms with E-state index in [2.05, 4.69) is 5.32 Å². The number of hydrogen-bond acceptors (Lipinski definition) is 2. The van der Waals surface area contributed by atoms with Gasteiger partial charge in [0.05, 0.1) is 5.56 Å². The monoisotopic (exact) mass is 250 g/mol. The lowest BCUT2D eigenvalue weighted by molar-refractivity contribution is -0.140. The Hall–Kier alpha value is -1.14. The maximum atomic E-state index is 13.5. The standard InChI is InChI=1S/C11H14F4N2/c1-7(5-16)17-6-8-3-2-4-9(10(8)12)11(13,14)15/h2-4,7,17H,5-6,16H2,1H3/t7-/m1/s1. The van der Waals surface area contributed by atoms with Crippen LogP contribution in [0.15, 0.2) is 18.2 Å². The highest BCUT2D eigenvalue weighted by atomic mass is 19.4. The van der Waals surface area contributed by atoms with E-state index < -0.39 is 17.6 Å². The molecule has 0 saturated heterocycles. The average molecular weight is 250 g/mol. The van der Waals surface area contributed by atoms with Gasteiger partial charge >= 0.3 is 6.18 Å². The predicted molar refractivity (Wildman–Crippen MR) is 56.8 cm³/mol. The summed E-state index contributed by atoms with van der Waals surface area (Å²) in [6.45, 7) is 2.13. The van der Waals surface area contributed by atoms with Gasteiger partial charge in [-0.25, -0.2) is 4.39 Å². The molecule has 17 heavy (non-hydrogen) atoms. The van der Waals surface area contributed by atoms with Gasteiger partial charge in [0, 0.05) is 24.7 Å².